The average Bonchev–Trinajstić information content (AvgIpc) is 3.86. The summed E-state index contributed by atoms with van der Waals surface area (Å²) in [6.07, 6.45) is 0. The van der Waals surface area contributed by atoms with Gasteiger partial charge in [0.15, 0.2) is 5.58 Å². The Balaban J connectivity index is 1.20. The summed E-state index contributed by atoms with van der Waals surface area (Å²) in [6, 6.07) is 62.7. The highest BCUT2D eigenvalue weighted by Gasteiger charge is 2.36. The molecular formula is C51H35NO2. The van der Waals surface area contributed by atoms with Crippen LogP contribution in [0.15, 0.2) is 185 Å². The van der Waals surface area contributed by atoms with E-state index in [4.69, 9.17) is 8.83 Å². The quantitative estimate of drug-likeness (QED) is 0.180. The zero-order chi connectivity index (χ0) is 36.0. The van der Waals surface area contributed by atoms with Crippen LogP contribution in [0.4, 0.5) is 17.1 Å². The van der Waals surface area contributed by atoms with E-state index in [0.717, 1.165) is 77.6 Å². The molecule has 0 N–H and O–H groups in total. The lowest BCUT2D eigenvalue weighted by molar-refractivity contribution is 0.660. The van der Waals surface area contributed by atoms with Crippen LogP contribution in [0.2, 0.25) is 0 Å². The van der Waals surface area contributed by atoms with Crippen molar-refractivity contribution in [2.75, 3.05) is 4.90 Å². The summed E-state index contributed by atoms with van der Waals surface area (Å²) in [6.45, 7) is 4.68. The highest BCUT2D eigenvalue weighted by atomic mass is 16.3. The van der Waals surface area contributed by atoms with Gasteiger partial charge in [0.2, 0.25) is 0 Å². The molecule has 2 aromatic heterocycles. The standard InChI is InChI=1S/C51H35NO2/c1-51(2)42-24-11-9-21-37(42)38-28-27-36(30-43(38)51)52(35-20-13-19-34(29-35)32-15-5-3-6-16-32)44-25-14-23-39-41-31-46-48(40-22-10-12-26-45(40)53-46)47(50(41)54-49(39)44)33-17-7-4-8-18-33/h3-31H,1-2H3. The summed E-state index contributed by atoms with van der Waals surface area (Å²) < 4.78 is 13.8. The van der Waals surface area contributed by atoms with Crippen LogP contribution in [0.1, 0.15) is 25.0 Å². The van der Waals surface area contributed by atoms with Crippen molar-refractivity contribution in [3.05, 3.63) is 187 Å². The Morgan fingerprint density at radius 2 is 1.09 bits per heavy atom. The van der Waals surface area contributed by atoms with Crippen molar-refractivity contribution in [3.63, 3.8) is 0 Å². The molecule has 0 amide bonds. The lowest BCUT2D eigenvalue weighted by atomic mass is 9.82. The molecule has 0 bridgehead atoms. The van der Waals surface area contributed by atoms with Crippen molar-refractivity contribution in [3.8, 4) is 33.4 Å². The van der Waals surface area contributed by atoms with Crippen molar-refractivity contribution in [1.29, 1.82) is 0 Å². The van der Waals surface area contributed by atoms with Crippen LogP contribution in [-0.4, -0.2) is 0 Å². The van der Waals surface area contributed by atoms with Crippen LogP contribution >= 0.6 is 0 Å². The van der Waals surface area contributed by atoms with Gasteiger partial charge in [-0.05, 0) is 81.4 Å². The lowest BCUT2D eigenvalue weighted by Crippen LogP contribution is -2.16. The second-order valence-corrected chi connectivity index (χ2v) is 14.9. The minimum atomic E-state index is -0.147. The molecule has 11 rings (SSSR count). The third kappa shape index (κ3) is 4.48. The van der Waals surface area contributed by atoms with E-state index in [1.54, 1.807) is 0 Å². The molecule has 1 aliphatic carbocycles. The van der Waals surface area contributed by atoms with Gasteiger partial charge in [0.25, 0.3) is 0 Å². The van der Waals surface area contributed by atoms with Gasteiger partial charge >= 0.3 is 0 Å². The van der Waals surface area contributed by atoms with E-state index in [1.807, 2.05) is 12.1 Å². The number of hydrogen-bond donors (Lipinski definition) is 0. The number of hydrogen-bond acceptors (Lipinski definition) is 3. The van der Waals surface area contributed by atoms with Gasteiger partial charge in [-0.3, -0.25) is 0 Å². The Kier molecular flexibility index (Phi) is 6.60. The third-order valence-electron chi connectivity index (χ3n) is 11.4. The van der Waals surface area contributed by atoms with Crippen molar-refractivity contribution in [2.45, 2.75) is 19.3 Å². The van der Waals surface area contributed by atoms with Gasteiger partial charge < -0.3 is 13.7 Å². The van der Waals surface area contributed by atoms with Crippen LogP contribution in [0.3, 0.4) is 0 Å². The van der Waals surface area contributed by atoms with E-state index in [1.165, 1.54) is 27.8 Å². The zero-order valence-corrected chi connectivity index (χ0v) is 30.0. The molecule has 54 heavy (non-hydrogen) atoms. The Bertz CT molecular complexity index is 3080. The summed E-state index contributed by atoms with van der Waals surface area (Å²) in [5, 5.41) is 4.22. The lowest BCUT2D eigenvalue weighted by Gasteiger charge is -2.28. The number of nitrogens with zero attached hydrogens (tertiary/aromatic N) is 1. The largest absolute Gasteiger partial charge is 0.456 e. The Morgan fingerprint density at radius 3 is 1.94 bits per heavy atom. The highest BCUT2D eigenvalue weighted by molar-refractivity contribution is 6.24. The molecule has 0 fully saturated rings. The van der Waals surface area contributed by atoms with Gasteiger partial charge in [0.1, 0.15) is 16.7 Å². The number of rotatable bonds is 5. The average molecular weight is 694 g/mol. The van der Waals surface area contributed by atoms with Crippen LogP contribution in [0.25, 0.3) is 77.3 Å². The molecule has 1 aliphatic rings. The molecule has 0 unspecified atom stereocenters. The minimum Gasteiger partial charge on any atom is -0.456 e. The summed E-state index contributed by atoms with van der Waals surface area (Å²) in [5.74, 6) is 0. The molecule has 8 aromatic carbocycles. The maximum absolute atomic E-state index is 7.24. The van der Waals surface area contributed by atoms with E-state index in [9.17, 15) is 0 Å². The Labute approximate surface area is 313 Å². The molecule has 0 spiro atoms. The molecule has 0 radical (unpaired) electrons. The van der Waals surface area contributed by atoms with Crippen LogP contribution in [-0.2, 0) is 5.41 Å². The Morgan fingerprint density at radius 1 is 0.426 bits per heavy atom. The number of fused-ring (bicyclic) bond motifs is 9. The van der Waals surface area contributed by atoms with Crippen molar-refractivity contribution < 1.29 is 8.83 Å². The van der Waals surface area contributed by atoms with E-state index in [0.29, 0.717) is 0 Å². The van der Waals surface area contributed by atoms with E-state index < -0.39 is 0 Å². The van der Waals surface area contributed by atoms with Crippen molar-refractivity contribution in [2.24, 2.45) is 0 Å². The number of para-hydroxylation sites is 2. The topological polar surface area (TPSA) is 29.5 Å². The molecule has 10 aromatic rings. The molecule has 3 nitrogen and oxygen atoms in total. The van der Waals surface area contributed by atoms with E-state index in [-0.39, 0.29) is 5.41 Å². The SMILES string of the molecule is CC1(C)c2ccccc2-c2ccc(N(c3cccc(-c4ccccc4)c3)c3cccc4c3oc3c(-c5ccccc5)c5c(cc34)oc3ccccc35)cc21. The van der Waals surface area contributed by atoms with E-state index in [2.05, 4.69) is 183 Å². The molecule has 0 saturated heterocycles. The fraction of sp³-hybridized carbons (Fsp3) is 0.0588. The first-order valence-corrected chi connectivity index (χ1v) is 18.6. The normalized spacial score (nSPS) is 13.1. The van der Waals surface area contributed by atoms with Gasteiger partial charge in [0, 0.05) is 43.9 Å². The fourth-order valence-electron chi connectivity index (χ4n) is 8.89. The molecule has 0 atom stereocenters. The van der Waals surface area contributed by atoms with Gasteiger partial charge in [-0.2, -0.15) is 0 Å². The summed E-state index contributed by atoms with van der Waals surface area (Å²) in [5.41, 5.74) is 16.1. The molecule has 0 aliphatic heterocycles. The first-order valence-electron chi connectivity index (χ1n) is 18.6. The molecular weight excluding hydrogens is 659 g/mol. The summed E-state index contributed by atoms with van der Waals surface area (Å²) in [7, 11) is 0. The molecule has 0 saturated carbocycles. The molecule has 2 heterocycles. The summed E-state index contributed by atoms with van der Waals surface area (Å²) >= 11 is 0. The number of anilines is 3. The maximum Gasteiger partial charge on any atom is 0.159 e. The van der Waals surface area contributed by atoms with Crippen LogP contribution in [0.5, 0.6) is 0 Å². The fourth-order valence-corrected chi connectivity index (χ4v) is 8.89. The zero-order valence-electron chi connectivity index (χ0n) is 30.0. The first kappa shape index (κ1) is 30.8. The predicted octanol–water partition coefficient (Wildman–Crippen LogP) is 14.6. The maximum atomic E-state index is 7.24. The number of furan rings is 2. The highest BCUT2D eigenvalue weighted by Crippen LogP contribution is 2.52. The summed E-state index contributed by atoms with van der Waals surface area (Å²) in [4.78, 5) is 2.37. The Hall–Kier alpha value is -6.84. The third-order valence-corrected chi connectivity index (χ3v) is 11.4. The van der Waals surface area contributed by atoms with Gasteiger partial charge in [-0.25, -0.2) is 0 Å². The monoisotopic (exact) mass is 693 g/mol. The second kappa shape index (κ2) is 11.6. The van der Waals surface area contributed by atoms with Gasteiger partial charge in [0.05, 0.1) is 5.69 Å². The van der Waals surface area contributed by atoms with E-state index >= 15 is 0 Å². The van der Waals surface area contributed by atoms with Crippen LogP contribution < -0.4 is 4.90 Å². The van der Waals surface area contributed by atoms with Crippen LogP contribution in [0, 0.1) is 0 Å². The van der Waals surface area contributed by atoms with Crippen molar-refractivity contribution in [1.82, 2.24) is 0 Å². The first-order chi connectivity index (χ1) is 26.5. The molecule has 3 heteroatoms. The smallest absolute Gasteiger partial charge is 0.159 e. The predicted molar refractivity (Wildman–Crippen MR) is 224 cm³/mol. The molecule has 256 valence electrons. The minimum absolute atomic E-state index is 0.147. The van der Waals surface area contributed by atoms with Gasteiger partial charge in [-0.1, -0.05) is 147 Å². The van der Waals surface area contributed by atoms with Crippen molar-refractivity contribution >= 4 is 60.9 Å². The number of benzene rings is 8. The second-order valence-electron chi connectivity index (χ2n) is 14.9. The van der Waals surface area contributed by atoms with Gasteiger partial charge in [-0.15, -0.1) is 0 Å².